The molecular formula is C26H28N2O5S. The number of nitrogens with one attached hydrogen (secondary N) is 1. The summed E-state index contributed by atoms with van der Waals surface area (Å²) in [6.45, 7) is 4.84. The maximum Gasteiger partial charge on any atom is 0.265 e. The van der Waals surface area contributed by atoms with Crippen molar-refractivity contribution in [3.8, 4) is 16.9 Å². The topological polar surface area (TPSA) is 84.9 Å². The number of aryl methyl sites for hydroxylation is 1. The number of ether oxygens (including phenoxy) is 2. The molecule has 4 rings (SSSR count). The molecule has 0 bridgehead atoms. The van der Waals surface area contributed by atoms with Crippen LogP contribution in [-0.2, 0) is 19.6 Å². The molecule has 1 N–H and O–H groups in total. The molecule has 1 aliphatic rings. The Kier molecular flexibility index (Phi) is 7.31. The Morgan fingerprint density at radius 3 is 2.29 bits per heavy atom. The van der Waals surface area contributed by atoms with Gasteiger partial charge in [-0.15, -0.1) is 0 Å². The number of rotatable bonds is 7. The molecule has 0 aliphatic carbocycles. The zero-order valence-corrected chi connectivity index (χ0v) is 20.0. The lowest BCUT2D eigenvalue weighted by molar-refractivity contribution is -0.122. The molecule has 8 heteroatoms. The van der Waals surface area contributed by atoms with Gasteiger partial charge < -0.3 is 14.8 Å². The molecule has 1 aliphatic heterocycles. The molecule has 3 aromatic carbocycles. The summed E-state index contributed by atoms with van der Waals surface area (Å²) in [5.41, 5.74) is 3.35. The normalized spacial score (nSPS) is 15.5. The smallest absolute Gasteiger partial charge is 0.265 e. The quantitative estimate of drug-likeness (QED) is 0.551. The Balaban J connectivity index is 1.43. The number of carbonyl (C=O) groups excluding carboxylic acids is 1. The van der Waals surface area contributed by atoms with Gasteiger partial charge in [-0.3, -0.25) is 4.79 Å². The minimum atomic E-state index is -3.66. The predicted molar refractivity (Wildman–Crippen MR) is 131 cm³/mol. The molecule has 1 atom stereocenters. The first-order valence-electron chi connectivity index (χ1n) is 11.2. The number of hydrogen-bond acceptors (Lipinski definition) is 5. The van der Waals surface area contributed by atoms with Crippen LogP contribution in [-0.4, -0.2) is 51.0 Å². The molecule has 1 unspecified atom stereocenters. The third kappa shape index (κ3) is 5.47. The van der Waals surface area contributed by atoms with Crippen molar-refractivity contribution < 1.29 is 22.7 Å². The Morgan fingerprint density at radius 1 is 0.971 bits per heavy atom. The summed E-state index contributed by atoms with van der Waals surface area (Å²) in [5, 5.41) is 2.81. The van der Waals surface area contributed by atoms with Crippen LogP contribution in [0.3, 0.4) is 0 Å². The molecule has 0 aromatic heterocycles. The standard InChI is InChI=1S/C26H28N2O5S/c1-19-8-13-24(34(30,31)28-14-16-32-17-15-28)18-25(19)27-26(29)20(2)33-23-11-9-22(10-12-23)21-6-4-3-5-7-21/h3-13,18,20H,14-17H2,1-2H3,(H,27,29). The summed E-state index contributed by atoms with van der Waals surface area (Å²) in [5.74, 6) is 0.207. The van der Waals surface area contributed by atoms with Gasteiger partial charge in [0.05, 0.1) is 18.1 Å². The number of morpholine rings is 1. The summed E-state index contributed by atoms with van der Waals surface area (Å²) < 4.78 is 38.4. The van der Waals surface area contributed by atoms with E-state index in [1.165, 1.54) is 10.4 Å². The van der Waals surface area contributed by atoms with Crippen LogP contribution in [0.5, 0.6) is 5.75 Å². The second-order valence-corrected chi connectivity index (χ2v) is 10.1. The fourth-order valence-electron chi connectivity index (χ4n) is 3.68. The van der Waals surface area contributed by atoms with Crippen molar-refractivity contribution in [3.05, 3.63) is 78.4 Å². The van der Waals surface area contributed by atoms with Crippen molar-refractivity contribution in [1.82, 2.24) is 4.31 Å². The van der Waals surface area contributed by atoms with Gasteiger partial charge in [-0.2, -0.15) is 4.31 Å². The molecule has 0 spiro atoms. The third-order valence-corrected chi connectivity index (χ3v) is 7.61. The summed E-state index contributed by atoms with van der Waals surface area (Å²) in [7, 11) is -3.66. The zero-order chi connectivity index (χ0) is 24.1. The lowest BCUT2D eigenvalue weighted by Gasteiger charge is -2.26. The van der Waals surface area contributed by atoms with Crippen molar-refractivity contribution >= 4 is 21.6 Å². The second kappa shape index (κ2) is 10.4. The van der Waals surface area contributed by atoms with E-state index < -0.39 is 16.1 Å². The van der Waals surface area contributed by atoms with E-state index >= 15 is 0 Å². The second-order valence-electron chi connectivity index (χ2n) is 8.13. The molecule has 178 valence electrons. The summed E-state index contributed by atoms with van der Waals surface area (Å²) in [6, 6.07) is 22.3. The summed E-state index contributed by atoms with van der Waals surface area (Å²) in [6.07, 6.45) is -0.776. The molecule has 1 heterocycles. The van der Waals surface area contributed by atoms with Gasteiger partial charge >= 0.3 is 0 Å². The van der Waals surface area contributed by atoms with E-state index in [9.17, 15) is 13.2 Å². The van der Waals surface area contributed by atoms with E-state index in [4.69, 9.17) is 9.47 Å². The maximum atomic E-state index is 13.0. The first-order valence-corrected chi connectivity index (χ1v) is 12.6. The lowest BCUT2D eigenvalue weighted by Crippen LogP contribution is -2.40. The molecule has 34 heavy (non-hydrogen) atoms. The van der Waals surface area contributed by atoms with E-state index in [2.05, 4.69) is 5.32 Å². The van der Waals surface area contributed by atoms with Crippen molar-refractivity contribution in [3.63, 3.8) is 0 Å². The van der Waals surface area contributed by atoms with E-state index in [1.54, 1.807) is 19.1 Å². The van der Waals surface area contributed by atoms with Crippen molar-refractivity contribution in [2.24, 2.45) is 0 Å². The molecule has 0 radical (unpaired) electrons. The number of amides is 1. The Morgan fingerprint density at radius 2 is 1.62 bits per heavy atom. The van der Waals surface area contributed by atoms with Crippen LogP contribution in [0.1, 0.15) is 12.5 Å². The first kappa shape index (κ1) is 23.9. The molecule has 0 saturated carbocycles. The molecular weight excluding hydrogens is 452 g/mol. The van der Waals surface area contributed by atoms with Gasteiger partial charge in [0.2, 0.25) is 10.0 Å². The van der Waals surface area contributed by atoms with E-state index in [-0.39, 0.29) is 10.8 Å². The Bertz CT molecular complexity index is 1240. The number of benzene rings is 3. The number of anilines is 1. The van der Waals surface area contributed by atoms with Crippen LogP contribution in [0.15, 0.2) is 77.7 Å². The fraction of sp³-hybridized carbons (Fsp3) is 0.269. The number of sulfonamides is 1. The first-order chi connectivity index (χ1) is 16.3. The van der Waals surface area contributed by atoms with Crippen LogP contribution < -0.4 is 10.1 Å². The number of hydrogen-bond donors (Lipinski definition) is 1. The van der Waals surface area contributed by atoms with Gasteiger partial charge in [0, 0.05) is 18.8 Å². The minimum Gasteiger partial charge on any atom is -0.481 e. The van der Waals surface area contributed by atoms with E-state index in [0.717, 1.165) is 16.7 Å². The maximum absolute atomic E-state index is 13.0. The van der Waals surface area contributed by atoms with Crippen LogP contribution in [0.25, 0.3) is 11.1 Å². The van der Waals surface area contributed by atoms with Gasteiger partial charge in [0.1, 0.15) is 5.75 Å². The summed E-state index contributed by atoms with van der Waals surface area (Å²) in [4.78, 5) is 12.9. The highest BCUT2D eigenvalue weighted by Gasteiger charge is 2.27. The molecule has 3 aromatic rings. The SMILES string of the molecule is Cc1ccc(S(=O)(=O)N2CCOCC2)cc1NC(=O)C(C)Oc1ccc(-c2ccccc2)cc1. The average molecular weight is 481 g/mol. The van der Waals surface area contributed by atoms with Gasteiger partial charge in [-0.25, -0.2) is 8.42 Å². The van der Waals surface area contributed by atoms with Crippen molar-refractivity contribution in [2.45, 2.75) is 24.8 Å². The van der Waals surface area contributed by atoms with Gasteiger partial charge in [0.15, 0.2) is 6.10 Å². The number of carbonyl (C=O) groups is 1. The van der Waals surface area contributed by atoms with Gasteiger partial charge in [-0.1, -0.05) is 48.5 Å². The fourth-order valence-corrected chi connectivity index (χ4v) is 5.12. The van der Waals surface area contributed by atoms with E-state index in [1.807, 2.05) is 61.5 Å². The largest absolute Gasteiger partial charge is 0.481 e. The molecule has 1 amide bonds. The zero-order valence-electron chi connectivity index (χ0n) is 19.2. The lowest BCUT2D eigenvalue weighted by atomic mass is 10.1. The van der Waals surface area contributed by atoms with Crippen LogP contribution in [0.2, 0.25) is 0 Å². The summed E-state index contributed by atoms with van der Waals surface area (Å²) >= 11 is 0. The van der Waals surface area contributed by atoms with Crippen molar-refractivity contribution in [1.29, 1.82) is 0 Å². The van der Waals surface area contributed by atoms with Crippen LogP contribution in [0.4, 0.5) is 5.69 Å². The predicted octanol–water partition coefficient (Wildman–Crippen LogP) is 4.09. The highest BCUT2D eigenvalue weighted by molar-refractivity contribution is 7.89. The van der Waals surface area contributed by atoms with E-state index in [0.29, 0.717) is 37.7 Å². The van der Waals surface area contributed by atoms with Gasteiger partial charge in [-0.05, 0) is 54.8 Å². The highest BCUT2D eigenvalue weighted by atomic mass is 32.2. The van der Waals surface area contributed by atoms with Crippen molar-refractivity contribution in [2.75, 3.05) is 31.6 Å². The highest BCUT2D eigenvalue weighted by Crippen LogP contribution is 2.25. The van der Waals surface area contributed by atoms with Crippen LogP contribution in [0, 0.1) is 6.92 Å². The average Bonchev–Trinajstić information content (AvgIpc) is 2.86. The Hall–Kier alpha value is -3.20. The Labute approximate surface area is 200 Å². The van der Waals surface area contributed by atoms with Crippen LogP contribution >= 0.6 is 0 Å². The monoisotopic (exact) mass is 480 g/mol. The minimum absolute atomic E-state index is 0.139. The molecule has 7 nitrogen and oxygen atoms in total. The molecule has 1 fully saturated rings. The van der Waals surface area contributed by atoms with Gasteiger partial charge in [0.25, 0.3) is 5.91 Å². The number of nitrogens with zero attached hydrogens (tertiary/aromatic N) is 1. The molecule has 1 saturated heterocycles. The third-order valence-electron chi connectivity index (χ3n) is 5.72.